The minimum atomic E-state index is -1.06. The Balaban J connectivity index is 1.46. The molecule has 2 heterocycles. The molecule has 1 aliphatic heterocycles. The average molecular weight is 556 g/mol. The number of fused-ring (bicyclic) bond motifs is 1. The van der Waals surface area contributed by atoms with Crippen LogP contribution in [0.2, 0.25) is 0 Å². The van der Waals surface area contributed by atoms with E-state index in [2.05, 4.69) is 16.8 Å². The molecule has 212 valence electrons. The standard InChI is InChI=1S/C30H32F3N3O4/c1-35(2)26-18-34-25-7-6-20(40-3)17-22(25)28(26)27(37)8-9-30(29(38)39)10-13-36(14-11-30)12-4-5-21-23(32)15-19(31)16-24(21)33/h6-7,15-18,27,37H,8-14H2,1-3H3,(H,38,39)/t27-/m0/s1. The molecule has 2 aromatic carbocycles. The van der Waals surface area contributed by atoms with Crippen molar-refractivity contribution in [3.05, 3.63) is 65.1 Å². The van der Waals surface area contributed by atoms with Crippen molar-refractivity contribution in [2.24, 2.45) is 5.41 Å². The second-order valence-electron chi connectivity index (χ2n) is 10.3. The zero-order valence-electron chi connectivity index (χ0n) is 22.7. The number of halogens is 3. The van der Waals surface area contributed by atoms with E-state index >= 15 is 0 Å². The summed E-state index contributed by atoms with van der Waals surface area (Å²) in [6.07, 6.45) is 1.92. The fourth-order valence-electron chi connectivity index (χ4n) is 5.18. The van der Waals surface area contributed by atoms with E-state index in [0.29, 0.717) is 54.9 Å². The first-order chi connectivity index (χ1) is 19.0. The molecule has 10 heteroatoms. The highest BCUT2D eigenvalue weighted by atomic mass is 19.1. The molecule has 0 saturated carbocycles. The van der Waals surface area contributed by atoms with Gasteiger partial charge in [-0.25, -0.2) is 13.2 Å². The van der Waals surface area contributed by atoms with Crippen LogP contribution in [0.5, 0.6) is 5.75 Å². The number of hydrogen-bond acceptors (Lipinski definition) is 6. The minimum Gasteiger partial charge on any atom is -0.497 e. The van der Waals surface area contributed by atoms with E-state index in [1.54, 1.807) is 19.4 Å². The molecule has 0 unspecified atom stereocenters. The van der Waals surface area contributed by atoms with Crippen molar-refractivity contribution in [1.29, 1.82) is 0 Å². The highest BCUT2D eigenvalue weighted by Gasteiger charge is 2.41. The van der Waals surface area contributed by atoms with Crippen LogP contribution in [0.4, 0.5) is 18.9 Å². The van der Waals surface area contributed by atoms with Gasteiger partial charge in [-0.2, -0.15) is 0 Å². The molecule has 0 spiro atoms. The highest BCUT2D eigenvalue weighted by Crippen LogP contribution is 2.41. The minimum absolute atomic E-state index is 0.186. The number of aliphatic hydroxyl groups is 1. The molecule has 1 atom stereocenters. The number of pyridine rings is 1. The maximum absolute atomic E-state index is 13.8. The summed E-state index contributed by atoms with van der Waals surface area (Å²) in [5, 5.41) is 22.3. The lowest BCUT2D eigenvalue weighted by atomic mass is 9.74. The summed E-state index contributed by atoms with van der Waals surface area (Å²) in [7, 11) is 5.28. The number of aliphatic hydroxyl groups excluding tert-OH is 1. The third-order valence-corrected chi connectivity index (χ3v) is 7.60. The summed E-state index contributed by atoms with van der Waals surface area (Å²) in [6.45, 7) is 1.03. The summed E-state index contributed by atoms with van der Waals surface area (Å²) in [4.78, 5) is 20.7. The molecule has 4 rings (SSSR count). The van der Waals surface area contributed by atoms with E-state index in [0.717, 1.165) is 11.1 Å². The van der Waals surface area contributed by atoms with Crippen LogP contribution in [0.15, 0.2) is 36.5 Å². The van der Waals surface area contributed by atoms with Gasteiger partial charge in [0.25, 0.3) is 0 Å². The van der Waals surface area contributed by atoms with E-state index in [1.807, 2.05) is 36.0 Å². The molecular weight excluding hydrogens is 523 g/mol. The number of aromatic nitrogens is 1. The maximum Gasteiger partial charge on any atom is 0.309 e. The third kappa shape index (κ3) is 6.16. The molecule has 7 nitrogen and oxygen atoms in total. The molecule has 0 bridgehead atoms. The van der Waals surface area contributed by atoms with Gasteiger partial charge in [0.2, 0.25) is 0 Å². The van der Waals surface area contributed by atoms with E-state index in [-0.39, 0.29) is 19.4 Å². The van der Waals surface area contributed by atoms with Crippen molar-refractivity contribution in [3.8, 4) is 17.6 Å². The summed E-state index contributed by atoms with van der Waals surface area (Å²) < 4.78 is 46.2. The van der Waals surface area contributed by atoms with Gasteiger partial charge in [0.15, 0.2) is 0 Å². The van der Waals surface area contributed by atoms with Crippen LogP contribution in [-0.2, 0) is 4.79 Å². The summed E-state index contributed by atoms with van der Waals surface area (Å²) in [5.41, 5.74) is 0.579. The van der Waals surface area contributed by atoms with Gasteiger partial charge < -0.3 is 19.8 Å². The first-order valence-corrected chi connectivity index (χ1v) is 13.0. The van der Waals surface area contributed by atoms with Crippen LogP contribution in [0.3, 0.4) is 0 Å². The largest absolute Gasteiger partial charge is 0.497 e. The van der Waals surface area contributed by atoms with Crippen LogP contribution in [0, 0.1) is 34.7 Å². The molecule has 1 fully saturated rings. The first kappa shape index (κ1) is 29.2. The lowest BCUT2D eigenvalue weighted by Gasteiger charge is -2.38. The zero-order chi connectivity index (χ0) is 29.0. The van der Waals surface area contributed by atoms with E-state index in [9.17, 15) is 28.2 Å². The second-order valence-corrected chi connectivity index (χ2v) is 10.3. The molecule has 0 aliphatic carbocycles. The Kier molecular flexibility index (Phi) is 8.86. The van der Waals surface area contributed by atoms with Gasteiger partial charge in [-0.3, -0.25) is 14.7 Å². The van der Waals surface area contributed by atoms with E-state index in [4.69, 9.17) is 4.74 Å². The number of carboxylic acids is 1. The van der Waals surface area contributed by atoms with Crippen LogP contribution in [0.25, 0.3) is 10.9 Å². The predicted octanol–water partition coefficient (Wildman–Crippen LogP) is 4.76. The van der Waals surface area contributed by atoms with Crippen LogP contribution in [-0.4, -0.2) is 66.9 Å². The molecule has 2 N–H and O–H groups in total. The van der Waals surface area contributed by atoms with Gasteiger partial charge in [-0.05, 0) is 43.9 Å². The number of nitrogens with zero attached hydrogens (tertiary/aromatic N) is 3. The molecule has 1 saturated heterocycles. The average Bonchev–Trinajstić information content (AvgIpc) is 2.92. The SMILES string of the molecule is COc1ccc2ncc(N(C)C)c([C@@H](O)CCC3(C(=O)O)CCN(CC#Cc4c(F)cc(F)cc4F)CC3)c2c1. The normalized spacial score (nSPS) is 15.8. The van der Waals surface area contributed by atoms with E-state index in [1.165, 1.54) is 0 Å². The van der Waals surface area contributed by atoms with Gasteiger partial charge in [0.1, 0.15) is 23.2 Å². The Bertz CT molecular complexity index is 1440. The molecule has 1 aliphatic rings. The Morgan fingerprint density at radius 3 is 2.45 bits per heavy atom. The van der Waals surface area contributed by atoms with Crippen molar-refractivity contribution < 1.29 is 32.9 Å². The summed E-state index contributed by atoms with van der Waals surface area (Å²) >= 11 is 0. The number of rotatable bonds is 8. The molecule has 1 aromatic heterocycles. The van der Waals surface area contributed by atoms with E-state index < -0.39 is 40.5 Å². The van der Waals surface area contributed by atoms with Crippen molar-refractivity contribution in [2.45, 2.75) is 31.8 Å². The van der Waals surface area contributed by atoms with Crippen molar-refractivity contribution >= 4 is 22.6 Å². The number of benzene rings is 2. The first-order valence-electron chi connectivity index (χ1n) is 13.0. The molecule has 40 heavy (non-hydrogen) atoms. The monoisotopic (exact) mass is 555 g/mol. The molecule has 0 radical (unpaired) electrons. The lowest BCUT2D eigenvalue weighted by molar-refractivity contribution is -0.153. The number of piperidine rings is 1. The number of methoxy groups -OCH3 is 1. The van der Waals surface area contributed by atoms with Gasteiger partial charge in [-0.1, -0.05) is 11.8 Å². The van der Waals surface area contributed by atoms with Gasteiger partial charge in [-0.15, -0.1) is 0 Å². The van der Waals surface area contributed by atoms with Gasteiger partial charge >= 0.3 is 5.97 Å². The smallest absolute Gasteiger partial charge is 0.309 e. The Morgan fingerprint density at radius 1 is 1.18 bits per heavy atom. The Hall–Kier alpha value is -3.81. The Labute approximate surface area is 231 Å². The topological polar surface area (TPSA) is 86.1 Å². The van der Waals surface area contributed by atoms with Crippen LogP contribution >= 0.6 is 0 Å². The number of carbonyl (C=O) groups is 1. The molecule has 0 amide bonds. The molecule has 3 aromatic rings. The number of carboxylic acid groups (broad SMARTS) is 1. The number of ether oxygens (including phenoxy) is 1. The predicted molar refractivity (Wildman–Crippen MR) is 146 cm³/mol. The van der Waals surface area contributed by atoms with Crippen molar-refractivity contribution in [1.82, 2.24) is 9.88 Å². The summed E-state index contributed by atoms with van der Waals surface area (Å²) in [6, 6.07) is 6.60. The number of aliphatic carboxylic acids is 1. The lowest BCUT2D eigenvalue weighted by Crippen LogP contribution is -2.44. The van der Waals surface area contributed by atoms with Crippen LogP contribution in [0.1, 0.15) is 42.9 Å². The summed E-state index contributed by atoms with van der Waals surface area (Å²) in [5.74, 6) is 1.69. The quantitative estimate of drug-likeness (QED) is 0.388. The highest BCUT2D eigenvalue weighted by molar-refractivity contribution is 5.88. The number of likely N-dealkylation sites (tertiary alicyclic amines) is 1. The van der Waals surface area contributed by atoms with Gasteiger partial charge in [0.05, 0.1) is 48.1 Å². The van der Waals surface area contributed by atoms with Gasteiger partial charge in [0, 0.05) is 50.3 Å². The van der Waals surface area contributed by atoms with Crippen LogP contribution < -0.4 is 9.64 Å². The second kappa shape index (κ2) is 12.1. The third-order valence-electron chi connectivity index (χ3n) is 7.60. The molecular formula is C30H32F3N3O4. The fourth-order valence-corrected chi connectivity index (χ4v) is 5.18. The maximum atomic E-state index is 13.8. The number of anilines is 1. The fraction of sp³-hybridized carbons (Fsp3) is 0.400. The number of hydrogen-bond donors (Lipinski definition) is 2. The Morgan fingerprint density at radius 2 is 1.85 bits per heavy atom. The van der Waals surface area contributed by atoms with Crippen molar-refractivity contribution in [2.75, 3.05) is 45.7 Å². The van der Waals surface area contributed by atoms with Crippen molar-refractivity contribution in [3.63, 3.8) is 0 Å². The zero-order valence-corrected chi connectivity index (χ0v) is 22.7.